The van der Waals surface area contributed by atoms with Gasteiger partial charge >= 0.3 is 0 Å². The molecule has 0 bridgehead atoms. The molecular formula is C22H25N7O4. The number of nitrogens with two attached hydrogens (primary N) is 1. The predicted molar refractivity (Wildman–Crippen MR) is 120 cm³/mol. The van der Waals surface area contributed by atoms with Gasteiger partial charge in [0.05, 0.1) is 30.8 Å². The highest BCUT2D eigenvalue weighted by Crippen LogP contribution is 2.42. The largest absolute Gasteiger partial charge is 0.496 e. The number of carbonyl (C=O) groups is 1. The number of methoxy groups -OCH3 is 1. The number of benzene rings is 1. The Morgan fingerprint density at radius 2 is 2.09 bits per heavy atom. The molecule has 1 aliphatic rings. The van der Waals surface area contributed by atoms with Crippen LogP contribution in [-0.4, -0.2) is 51.0 Å². The van der Waals surface area contributed by atoms with Crippen LogP contribution in [0.1, 0.15) is 30.5 Å². The van der Waals surface area contributed by atoms with Crippen molar-refractivity contribution in [1.29, 1.82) is 5.26 Å². The van der Waals surface area contributed by atoms with E-state index >= 15 is 0 Å². The van der Waals surface area contributed by atoms with Crippen molar-refractivity contribution in [3.8, 4) is 28.8 Å². The summed E-state index contributed by atoms with van der Waals surface area (Å²) in [6.07, 6.45) is 5.70. The van der Waals surface area contributed by atoms with Crippen molar-refractivity contribution in [3.63, 3.8) is 0 Å². The highest BCUT2D eigenvalue weighted by molar-refractivity contribution is 5.78. The van der Waals surface area contributed by atoms with Gasteiger partial charge in [-0.05, 0) is 37.8 Å². The van der Waals surface area contributed by atoms with Crippen molar-refractivity contribution in [1.82, 2.24) is 20.2 Å². The van der Waals surface area contributed by atoms with E-state index in [9.17, 15) is 0 Å². The van der Waals surface area contributed by atoms with Crippen LogP contribution in [0.2, 0.25) is 0 Å². The first-order valence-electron chi connectivity index (χ1n) is 10.2. The Bertz CT molecular complexity index is 1120. The first-order chi connectivity index (χ1) is 16.0. The molecule has 0 amide bonds. The molecule has 5 N–H and O–H groups in total. The average molecular weight is 451 g/mol. The van der Waals surface area contributed by atoms with E-state index in [0.717, 1.165) is 47.6 Å². The highest BCUT2D eigenvalue weighted by Gasteiger charge is 2.26. The lowest BCUT2D eigenvalue weighted by atomic mass is 10.0. The third-order valence-corrected chi connectivity index (χ3v) is 5.11. The molecule has 1 fully saturated rings. The van der Waals surface area contributed by atoms with Gasteiger partial charge in [-0.3, -0.25) is 9.89 Å². The first kappa shape index (κ1) is 23.5. The molecule has 172 valence electrons. The fourth-order valence-electron chi connectivity index (χ4n) is 3.64. The fourth-order valence-corrected chi connectivity index (χ4v) is 3.64. The number of H-pyrrole nitrogens is 1. The second-order valence-corrected chi connectivity index (χ2v) is 7.40. The topological polar surface area (TPSA) is 172 Å². The van der Waals surface area contributed by atoms with Gasteiger partial charge in [-0.2, -0.15) is 10.4 Å². The van der Waals surface area contributed by atoms with Crippen molar-refractivity contribution in [2.75, 3.05) is 12.4 Å². The van der Waals surface area contributed by atoms with Gasteiger partial charge in [0.2, 0.25) is 0 Å². The van der Waals surface area contributed by atoms with Crippen LogP contribution in [-0.2, 0) is 4.79 Å². The van der Waals surface area contributed by atoms with Gasteiger partial charge in [-0.25, -0.2) is 9.97 Å². The van der Waals surface area contributed by atoms with E-state index in [1.807, 2.05) is 31.2 Å². The number of aromatic amines is 1. The molecule has 0 aliphatic heterocycles. The molecule has 33 heavy (non-hydrogen) atoms. The lowest BCUT2D eigenvalue weighted by molar-refractivity contribution is -0.122. The molecule has 0 unspecified atom stereocenters. The maximum atomic E-state index is 8.84. The van der Waals surface area contributed by atoms with Crippen molar-refractivity contribution in [3.05, 3.63) is 41.9 Å². The lowest BCUT2D eigenvalue weighted by Crippen LogP contribution is -2.19. The Morgan fingerprint density at radius 3 is 2.70 bits per heavy atom. The van der Waals surface area contributed by atoms with Gasteiger partial charge in [-0.15, -0.1) is 0 Å². The second kappa shape index (κ2) is 10.9. The van der Waals surface area contributed by atoms with Crippen molar-refractivity contribution in [2.45, 2.75) is 38.3 Å². The smallest absolute Gasteiger partial charge is 0.290 e. The Labute approximate surface area is 190 Å². The van der Waals surface area contributed by atoms with Crippen molar-refractivity contribution < 1.29 is 19.4 Å². The zero-order valence-electron chi connectivity index (χ0n) is 18.3. The van der Waals surface area contributed by atoms with E-state index in [4.69, 9.17) is 30.4 Å². The van der Waals surface area contributed by atoms with Crippen LogP contribution >= 0.6 is 0 Å². The number of nitriles is 1. The Hall–Kier alpha value is -4.17. The molecule has 11 nitrogen and oxygen atoms in total. The summed E-state index contributed by atoms with van der Waals surface area (Å²) in [4.78, 5) is 16.5. The van der Waals surface area contributed by atoms with Gasteiger partial charge < -0.3 is 25.6 Å². The third-order valence-electron chi connectivity index (χ3n) is 5.11. The van der Waals surface area contributed by atoms with Gasteiger partial charge in [-0.1, -0.05) is 6.07 Å². The Kier molecular flexibility index (Phi) is 7.77. The summed E-state index contributed by atoms with van der Waals surface area (Å²) in [7, 11) is 1.64. The minimum atomic E-state index is -0.250. The minimum Gasteiger partial charge on any atom is -0.496 e. The van der Waals surface area contributed by atoms with E-state index in [-0.39, 0.29) is 24.3 Å². The molecule has 0 spiro atoms. The molecule has 3 aromatic rings. The Morgan fingerprint density at radius 1 is 1.30 bits per heavy atom. The number of rotatable bonds is 6. The lowest BCUT2D eigenvalue weighted by Gasteiger charge is -2.19. The highest BCUT2D eigenvalue weighted by atomic mass is 16.5. The summed E-state index contributed by atoms with van der Waals surface area (Å²) < 4.78 is 12.0. The molecule has 0 saturated heterocycles. The number of ether oxygens (including phenoxy) is 2. The first-order valence-corrected chi connectivity index (χ1v) is 10.2. The molecular weight excluding hydrogens is 426 g/mol. The summed E-state index contributed by atoms with van der Waals surface area (Å²) in [5, 5.41) is 26.2. The van der Waals surface area contributed by atoms with Crippen LogP contribution in [0.25, 0.3) is 11.3 Å². The van der Waals surface area contributed by atoms with Gasteiger partial charge in [0.25, 0.3) is 6.47 Å². The normalized spacial score (nSPS) is 16.8. The van der Waals surface area contributed by atoms with E-state index in [1.54, 1.807) is 7.11 Å². The molecule has 2 heterocycles. The molecule has 2 aromatic heterocycles. The summed E-state index contributed by atoms with van der Waals surface area (Å²) in [6.45, 7) is 1.74. The SMILES string of the molecule is COc1c(C)ccc(O[C@@H]2CC[C@H](N)C2)c1-c1cc(Nc2cnc(C#N)cn2)n[nH]1.O=CO. The van der Waals surface area contributed by atoms with Gasteiger partial charge in [0, 0.05) is 12.1 Å². The number of hydrogen-bond donors (Lipinski definition) is 4. The Balaban J connectivity index is 0.000000968. The fraction of sp³-hybridized carbons (Fsp3) is 0.318. The zero-order chi connectivity index (χ0) is 23.8. The molecule has 1 aromatic carbocycles. The van der Waals surface area contributed by atoms with E-state index in [1.165, 1.54) is 12.4 Å². The standard InChI is InChI=1S/C21H23N7O2.CH2O2/c1-12-3-6-17(30-15-5-4-13(23)7-15)20(21(12)29-2)16-8-18(28-27-16)26-19-11-24-14(9-22)10-25-19;2-1-3/h3,6,8,10-11,13,15H,4-5,7,23H2,1-2H3,(H2,25,26,27,28);1H,(H,2,3)/t13-,15+;/m0./s1. The van der Waals surface area contributed by atoms with Crippen LogP contribution < -0.4 is 20.5 Å². The predicted octanol–water partition coefficient (Wildman–Crippen LogP) is 2.76. The number of carboxylic acid groups (broad SMARTS) is 1. The molecule has 4 rings (SSSR count). The third kappa shape index (κ3) is 5.75. The van der Waals surface area contributed by atoms with Crippen LogP contribution in [0.3, 0.4) is 0 Å². The molecule has 0 radical (unpaired) electrons. The summed E-state index contributed by atoms with van der Waals surface area (Å²) in [5.74, 6) is 2.49. The number of nitrogens with zero attached hydrogens (tertiary/aromatic N) is 4. The van der Waals surface area contributed by atoms with Crippen molar-refractivity contribution >= 4 is 18.1 Å². The van der Waals surface area contributed by atoms with E-state index in [2.05, 4.69) is 25.5 Å². The van der Waals surface area contributed by atoms with Crippen LogP contribution in [0.15, 0.2) is 30.6 Å². The van der Waals surface area contributed by atoms with Crippen LogP contribution in [0, 0.1) is 18.3 Å². The van der Waals surface area contributed by atoms with Crippen molar-refractivity contribution in [2.24, 2.45) is 5.73 Å². The number of aryl methyl sites for hydroxylation is 1. The summed E-state index contributed by atoms with van der Waals surface area (Å²) in [6, 6.07) is 7.91. The van der Waals surface area contributed by atoms with Crippen LogP contribution in [0.5, 0.6) is 11.5 Å². The minimum absolute atomic E-state index is 0.0839. The average Bonchev–Trinajstić information content (AvgIpc) is 3.44. The van der Waals surface area contributed by atoms with E-state index in [0.29, 0.717) is 11.6 Å². The van der Waals surface area contributed by atoms with Gasteiger partial charge in [0.1, 0.15) is 29.5 Å². The monoisotopic (exact) mass is 451 g/mol. The molecule has 1 aliphatic carbocycles. The van der Waals surface area contributed by atoms with Gasteiger partial charge in [0.15, 0.2) is 11.5 Å². The summed E-state index contributed by atoms with van der Waals surface area (Å²) in [5.41, 5.74) is 8.84. The van der Waals surface area contributed by atoms with Crippen LogP contribution in [0.4, 0.5) is 11.6 Å². The molecule has 2 atom stereocenters. The molecule has 11 heteroatoms. The maximum Gasteiger partial charge on any atom is 0.290 e. The second-order valence-electron chi connectivity index (χ2n) is 7.40. The quantitative estimate of drug-likeness (QED) is 0.408. The number of aromatic nitrogens is 4. The van der Waals surface area contributed by atoms with E-state index < -0.39 is 0 Å². The molecule has 1 saturated carbocycles. The number of hydrogen-bond acceptors (Lipinski definition) is 9. The summed E-state index contributed by atoms with van der Waals surface area (Å²) >= 11 is 0. The maximum absolute atomic E-state index is 8.84. The number of anilines is 2. The zero-order valence-corrected chi connectivity index (χ0v) is 18.3. The number of nitrogens with one attached hydrogen (secondary N) is 2.